The van der Waals surface area contributed by atoms with Crippen LogP contribution in [0.5, 0.6) is 0 Å². The van der Waals surface area contributed by atoms with Gasteiger partial charge >= 0.3 is 0 Å². The Bertz CT molecular complexity index is 733. The number of carbonyl (C=O) groups excluding carboxylic acids is 2. The summed E-state index contributed by atoms with van der Waals surface area (Å²) < 4.78 is 13.6. The van der Waals surface area contributed by atoms with Crippen LogP contribution in [-0.2, 0) is 4.79 Å². The van der Waals surface area contributed by atoms with Crippen molar-refractivity contribution >= 4 is 11.8 Å². The average molecular weight is 326 g/mol. The van der Waals surface area contributed by atoms with E-state index in [9.17, 15) is 14.0 Å². The van der Waals surface area contributed by atoms with Crippen LogP contribution in [0.25, 0.3) is 0 Å². The van der Waals surface area contributed by atoms with Gasteiger partial charge in [0.2, 0.25) is 5.91 Å². The second-order valence-electron chi connectivity index (χ2n) is 5.82. The van der Waals surface area contributed by atoms with E-state index in [1.54, 1.807) is 11.0 Å². The zero-order chi connectivity index (χ0) is 16.9. The molecule has 0 saturated carbocycles. The molecule has 2 aromatic rings. The van der Waals surface area contributed by atoms with Crippen molar-refractivity contribution in [3.63, 3.8) is 0 Å². The quantitative estimate of drug-likeness (QED) is 0.939. The molecule has 1 fully saturated rings. The van der Waals surface area contributed by atoms with Gasteiger partial charge in [0.25, 0.3) is 5.91 Å². The molecule has 0 aromatic heterocycles. The first-order valence-corrected chi connectivity index (χ1v) is 8.04. The molecular formula is C19H19FN2O2. The molecule has 4 nitrogen and oxygen atoms in total. The summed E-state index contributed by atoms with van der Waals surface area (Å²) in [5, 5.41) is 2.52. The predicted molar refractivity (Wildman–Crippen MR) is 88.9 cm³/mol. The van der Waals surface area contributed by atoms with Gasteiger partial charge in [-0.15, -0.1) is 0 Å². The highest BCUT2D eigenvalue weighted by molar-refractivity contribution is 5.96. The van der Waals surface area contributed by atoms with Crippen LogP contribution in [0.2, 0.25) is 0 Å². The molecule has 5 heteroatoms. The first kappa shape index (κ1) is 16.2. The minimum Gasteiger partial charge on any atom is -0.343 e. The molecule has 0 radical (unpaired) electrons. The van der Waals surface area contributed by atoms with Gasteiger partial charge in [0.1, 0.15) is 5.82 Å². The van der Waals surface area contributed by atoms with Gasteiger partial charge in [-0.2, -0.15) is 0 Å². The second kappa shape index (κ2) is 7.25. The average Bonchev–Trinajstić information content (AvgIpc) is 3.10. The third-order valence-electron chi connectivity index (χ3n) is 4.28. The van der Waals surface area contributed by atoms with Gasteiger partial charge < -0.3 is 10.2 Å². The van der Waals surface area contributed by atoms with Crippen molar-refractivity contribution in [2.75, 3.05) is 13.1 Å². The smallest absolute Gasteiger partial charge is 0.254 e. The third kappa shape index (κ3) is 3.45. The summed E-state index contributed by atoms with van der Waals surface area (Å²) in [5.41, 5.74) is 1.05. The molecule has 1 N–H and O–H groups in total. The Labute approximate surface area is 140 Å². The lowest BCUT2D eigenvalue weighted by Gasteiger charge is -2.25. The SMILES string of the molecule is O=C(NCC(=O)N1CCCC1c1ccccc1)c1ccccc1F. The Kier molecular flexibility index (Phi) is 4.89. The van der Waals surface area contributed by atoms with Crippen LogP contribution >= 0.6 is 0 Å². The first-order chi connectivity index (χ1) is 11.7. The van der Waals surface area contributed by atoms with Gasteiger partial charge in [-0.3, -0.25) is 9.59 Å². The fraction of sp³-hybridized carbons (Fsp3) is 0.263. The van der Waals surface area contributed by atoms with Crippen LogP contribution in [0, 0.1) is 5.82 Å². The topological polar surface area (TPSA) is 49.4 Å². The summed E-state index contributed by atoms with van der Waals surface area (Å²) in [4.78, 5) is 26.3. The Morgan fingerprint density at radius 2 is 1.79 bits per heavy atom. The molecule has 1 unspecified atom stereocenters. The summed E-state index contributed by atoms with van der Waals surface area (Å²) in [6, 6.07) is 15.6. The van der Waals surface area contributed by atoms with E-state index < -0.39 is 11.7 Å². The molecule has 1 heterocycles. The van der Waals surface area contributed by atoms with Crippen molar-refractivity contribution < 1.29 is 14.0 Å². The maximum absolute atomic E-state index is 13.6. The number of nitrogens with zero attached hydrogens (tertiary/aromatic N) is 1. The maximum atomic E-state index is 13.6. The van der Waals surface area contributed by atoms with Crippen molar-refractivity contribution in [2.45, 2.75) is 18.9 Å². The van der Waals surface area contributed by atoms with E-state index in [0.717, 1.165) is 18.4 Å². The molecule has 1 atom stereocenters. The van der Waals surface area contributed by atoms with Crippen LogP contribution in [0.4, 0.5) is 4.39 Å². The monoisotopic (exact) mass is 326 g/mol. The normalized spacial score (nSPS) is 16.9. The fourth-order valence-electron chi connectivity index (χ4n) is 3.08. The molecule has 124 valence electrons. The molecule has 1 aliphatic heterocycles. The van der Waals surface area contributed by atoms with Crippen molar-refractivity contribution in [2.24, 2.45) is 0 Å². The molecule has 0 bridgehead atoms. The predicted octanol–water partition coefficient (Wildman–Crippen LogP) is 2.92. The largest absolute Gasteiger partial charge is 0.343 e. The minimum absolute atomic E-state index is 0.0454. The first-order valence-electron chi connectivity index (χ1n) is 8.04. The van der Waals surface area contributed by atoms with Gasteiger partial charge in [0.15, 0.2) is 0 Å². The number of amides is 2. The number of nitrogens with one attached hydrogen (secondary N) is 1. The molecule has 0 spiro atoms. The Hall–Kier alpha value is -2.69. The van der Waals surface area contributed by atoms with Crippen molar-refractivity contribution in [3.8, 4) is 0 Å². The highest BCUT2D eigenvalue weighted by Gasteiger charge is 2.29. The second-order valence-corrected chi connectivity index (χ2v) is 5.82. The summed E-state index contributed by atoms with van der Waals surface area (Å²) in [6.07, 6.45) is 1.85. The summed E-state index contributed by atoms with van der Waals surface area (Å²) in [5.74, 6) is -1.31. The maximum Gasteiger partial charge on any atom is 0.254 e. The summed E-state index contributed by atoms with van der Waals surface area (Å²) in [6.45, 7) is 0.546. The minimum atomic E-state index is -0.592. The summed E-state index contributed by atoms with van der Waals surface area (Å²) in [7, 11) is 0. The highest BCUT2D eigenvalue weighted by atomic mass is 19.1. The van der Waals surface area contributed by atoms with Crippen LogP contribution in [-0.4, -0.2) is 29.8 Å². The number of rotatable bonds is 4. The van der Waals surface area contributed by atoms with Gasteiger partial charge in [0.05, 0.1) is 18.2 Å². The van der Waals surface area contributed by atoms with Crippen molar-refractivity contribution in [1.82, 2.24) is 10.2 Å². The van der Waals surface area contributed by atoms with Crippen molar-refractivity contribution in [3.05, 3.63) is 71.5 Å². The van der Waals surface area contributed by atoms with E-state index in [-0.39, 0.29) is 24.1 Å². The zero-order valence-corrected chi connectivity index (χ0v) is 13.2. The van der Waals surface area contributed by atoms with Crippen LogP contribution < -0.4 is 5.32 Å². The van der Waals surface area contributed by atoms with Crippen LogP contribution in [0.3, 0.4) is 0 Å². The molecular weight excluding hydrogens is 307 g/mol. The van der Waals surface area contributed by atoms with E-state index in [0.29, 0.717) is 6.54 Å². The molecule has 1 saturated heterocycles. The lowest BCUT2D eigenvalue weighted by molar-refractivity contribution is -0.131. The number of carbonyl (C=O) groups is 2. The summed E-state index contributed by atoms with van der Waals surface area (Å²) >= 11 is 0. The Morgan fingerprint density at radius 1 is 1.08 bits per heavy atom. The molecule has 3 rings (SSSR count). The van der Waals surface area contributed by atoms with Crippen molar-refractivity contribution in [1.29, 1.82) is 0 Å². The lowest BCUT2D eigenvalue weighted by atomic mass is 10.0. The molecule has 2 aromatic carbocycles. The number of likely N-dealkylation sites (tertiary alicyclic amines) is 1. The molecule has 2 amide bonds. The Balaban J connectivity index is 1.62. The number of benzene rings is 2. The van der Waals surface area contributed by atoms with E-state index >= 15 is 0 Å². The number of hydrogen-bond donors (Lipinski definition) is 1. The van der Waals surface area contributed by atoms with Gasteiger partial charge in [-0.25, -0.2) is 4.39 Å². The van der Waals surface area contributed by atoms with E-state index in [4.69, 9.17) is 0 Å². The fourth-order valence-corrected chi connectivity index (χ4v) is 3.08. The van der Waals surface area contributed by atoms with Gasteiger partial charge in [-0.05, 0) is 30.5 Å². The van der Waals surface area contributed by atoms with E-state index in [1.165, 1.54) is 18.2 Å². The molecule has 24 heavy (non-hydrogen) atoms. The molecule has 0 aliphatic carbocycles. The van der Waals surface area contributed by atoms with Gasteiger partial charge in [-0.1, -0.05) is 42.5 Å². The van der Waals surface area contributed by atoms with Crippen LogP contribution in [0.1, 0.15) is 34.8 Å². The highest BCUT2D eigenvalue weighted by Crippen LogP contribution is 2.31. The number of halogens is 1. The molecule has 1 aliphatic rings. The third-order valence-corrected chi connectivity index (χ3v) is 4.28. The van der Waals surface area contributed by atoms with E-state index in [2.05, 4.69) is 5.32 Å². The van der Waals surface area contributed by atoms with E-state index in [1.807, 2.05) is 30.3 Å². The Morgan fingerprint density at radius 3 is 2.54 bits per heavy atom. The zero-order valence-electron chi connectivity index (χ0n) is 13.2. The lowest BCUT2D eigenvalue weighted by Crippen LogP contribution is -2.40. The number of hydrogen-bond acceptors (Lipinski definition) is 2. The standard InChI is InChI=1S/C19H19FN2O2/c20-16-10-5-4-9-15(16)19(24)21-13-18(23)22-12-6-11-17(22)14-7-2-1-3-8-14/h1-5,7-10,17H,6,11-13H2,(H,21,24). The van der Waals surface area contributed by atoms with Crippen LogP contribution in [0.15, 0.2) is 54.6 Å². The van der Waals surface area contributed by atoms with Gasteiger partial charge in [0, 0.05) is 6.54 Å².